The molecule has 0 N–H and O–H groups in total. The van der Waals surface area contributed by atoms with Gasteiger partial charge in [0.05, 0.1) is 14.2 Å². The second-order valence-electron chi connectivity index (χ2n) is 2.94. The first-order valence-electron chi connectivity index (χ1n) is 4.46. The van der Waals surface area contributed by atoms with Crippen LogP contribution in [0.2, 0.25) is 0 Å². The molecule has 16 heavy (non-hydrogen) atoms. The summed E-state index contributed by atoms with van der Waals surface area (Å²) in [6.45, 7) is 0. The molecule has 0 spiro atoms. The highest BCUT2D eigenvalue weighted by Crippen LogP contribution is 2.31. The van der Waals surface area contributed by atoms with E-state index in [-0.39, 0.29) is 0 Å². The van der Waals surface area contributed by atoms with E-state index in [1.165, 1.54) is 0 Å². The lowest BCUT2D eigenvalue weighted by Crippen LogP contribution is -1.90. The van der Waals surface area contributed by atoms with Gasteiger partial charge in [-0.2, -0.15) is 4.98 Å². The van der Waals surface area contributed by atoms with Gasteiger partial charge in [-0.25, -0.2) is 0 Å². The van der Waals surface area contributed by atoms with Gasteiger partial charge >= 0.3 is 0 Å². The van der Waals surface area contributed by atoms with Crippen molar-refractivity contribution in [3.8, 4) is 23.0 Å². The van der Waals surface area contributed by atoms with Crippen molar-refractivity contribution in [2.24, 2.45) is 0 Å². The molecule has 5 nitrogen and oxygen atoms in total. The van der Waals surface area contributed by atoms with Crippen molar-refractivity contribution in [2.45, 2.75) is 0 Å². The maximum Gasteiger partial charge on any atom is 0.258 e. The van der Waals surface area contributed by atoms with Crippen LogP contribution >= 0.6 is 22.6 Å². The molecule has 0 amide bonds. The first-order valence-corrected chi connectivity index (χ1v) is 5.54. The van der Waals surface area contributed by atoms with Gasteiger partial charge in [0.15, 0.2) is 11.5 Å². The largest absolute Gasteiger partial charge is 0.493 e. The molecule has 2 rings (SSSR count). The number of hydrogen-bond acceptors (Lipinski definition) is 5. The molecule has 1 aromatic carbocycles. The molecule has 6 heteroatoms. The zero-order valence-corrected chi connectivity index (χ0v) is 10.9. The Morgan fingerprint density at radius 3 is 2.50 bits per heavy atom. The predicted octanol–water partition coefficient (Wildman–Crippen LogP) is 2.36. The van der Waals surface area contributed by atoms with Crippen molar-refractivity contribution >= 4 is 22.6 Å². The zero-order valence-electron chi connectivity index (χ0n) is 8.73. The number of methoxy groups -OCH3 is 2. The normalized spacial score (nSPS) is 10.2. The maximum absolute atomic E-state index is 5.19. The molecule has 0 saturated carbocycles. The van der Waals surface area contributed by atoms with Gasteiger partial charge < -0.3 is 14.0 Å². The van der Waals surface area contributed by atoms with E-state index in [0.29, 0.717) is 21.2 Å². The van der Waals surface area contributed by atoms with E-state index in [1.54, 1.807) is 26.4 Å². The molecule has 0 aliphatic heterocycles. The Balaban J connectivity index is 2.43. The van der Waals surface area contributed by atoms with Gasteiger partial charge in [-0.05, 0) is 18.2 Å². The monoisotopic (exact) mass is 332 g/mol. The van der Waals surface area contributed by atoms with E-state index in [4.69, 9.17) is 14.0 Å². The topological polar surface area (TPSA) is 57.4 Å². The van der Waals surface area contributed by atoms with Crippen molar-refractivity contribution in [1.29, 1.82) is 0 Å². The van der Waals surface area contributed by atoms with Gasteiger partial charge in [0.1, 0.15) is 0 Å². The molecule has 0 unspecified atom stereocenters. The van der Waals surface area contributed by atoms with Gasteiger partial charge in [0, 0.05) is 28.2 Å². The first-order chi connectivity index (χ1) is 7.74. The summed E-state index contributed by atoms with van der Waals surface area (Å²) in [6.07, 6.45) is 0. The van der Waals surface area contributed by atoms with Gasteiger partial charge in [0.25, 0.3) is 5.89 Å². The summed E-state index contributed by atoms with van der Waals surface area (Å²) in [5, 5.41) is 3.72. The van der Waals surface area contributed by atoms with Crippen LogP contribution in [0.5, 0.6) is 11.5 Å². The molecule has 1 aromatic heterocycles. The van der Waals surface area contributed by atoms with E-state index in [1.807, 2.05) is 28.7 Å². The Bertz CT molecular complexity index is 499. The summed E-state index contributed by atoms with van der Waals surface area (Å²) in [6, 6.07) is 5.43. The Morgan fingerprint density at radius 2 is 1.94 bits per heavy atom. The fourth-order valence-corrected chi connectivity index (χ4v) is 1.61. The lowest BCUT2D eigenvalue weighted by atomic mass is 10.2. The number of nitrogens with zero attached hydrogens (tertiary/aromatic N) is 2. The van der Waals surface area contributed by atoms with Crippen LogP contribution in [-0.4, -0.2) is 24.4 Å². The molecule has 0 fully saturated rings. The Hall–Kier alpha value is -1.31. The molecule has 0 aliphatic carbocycles. The highest BCUT2D eigenvalue weighted by molar-refractivity contribution is 14.1. The summed E-state index contributed by atoms with van der Waals surface area (Å²) < 4.78 is 16.0. The predicted molar refractivity (Wildman–Crippen MR) is 65.6 cm³/mol. The molecule has 2 aromatic rings. The lowest BCUT2D eigenvalue weighted by molar-refractivity contribution is 0.355. The van der Waals surface area contributed by atoms with Crippen molar-refractivity contribution in [1.82, 2.24) is 10.1 Å². The third-order valence-electron chi connectivity index (χ3n) is 2.03. The second-order valence-corrected chi connectivity index (χ2v) is 3.90. The highest BCUT2D eigenvalue weighted by atomic mass is 127. The van der Waals surface area contributed by atoms with Crippen LogP contribution in [0.4, 0.5) is 0 Å². The molecule has 0 atom stereocenters. The summed E-state index contributed by atoms with van der Waals surface area (Å²) in [7, 11) is 3.17. The van der Waals surface area contributed by atoms with Crippen LogP contribution in [0.3, 0.4) is 0 Å². The molecule has 0 bridgehead atoms. The summed E-state index contributed by atoms with van der Waals surface area (Å²) in [5.41, 5.74) is 0.799. The fraction of sp³-hybridized carbons (Fsp3) is 0.200. The lowest BCUT2D eigenvalue weighted by Gasteiger charge is -2.07. The summed E-state index contributed by atoms with van der Waals surface area (Å²) in [5.74, 6) is 1.76. The minimum atomic E-state index is 0.463. The number of halogens is 1. The van der Waals surface area contributed by atoms with Crippen molar-refractivity contribution in [3.05, 3.63) is 22.0 Å². The number of ether oxygens (including phenoxy) is 2. The van der Waals surface area contributed by atoms with Gasteiger partial charge in [0.2, 0.25) is 3.83 Å². The Kier molecular flexibility index (Phi) is 3.28. The minimum absolute atomic E-state index is 0.463. The molecule has 0 aliphatic rings. The molecule has 0 radical (unpaired) electrons. The number of aromatic nitrogens is 2. The van der Waals surface area contributed by atoms with E-state index >= 15 is 0 Å². The minimum Gasteiger partial charge on any atom is -0.493 e. The van der Waals surface area contributed by atoms with Gasteiger partial charge in [-0.1, -0.05) is 5.16 Å². The van der Waals surface area contributed by atoms with E-state index < -0.39 is 0 Å². The third kappa shape index (κ3) is 2.11. The van der Waals surface area contributed by atoms with E-state index in [2.05, 4.69) is 10.1 Å². The average molecular weight is 332 g/mol. The van der Waals surface area contributed by atoms with Crippen LogP contribution in [-0.2, 0) is 0 Å². The fourth-order valence-electron chi connectivity index (χ4n) is 1.29. The highest BCUT2D eigenvalue weighted by Gasteiger charge is 2.10. The van der Waals surface area contributed by atoms with Crippen LogP contribution in [0.25, 0.3) is 11.5 Å². The van der Waals surface area contributed by atoms with Crippen LogP contribution < -0.4 is 9.47 Å². The average Bonchev–Trinajstić information content (AvgIpc) is 2.75. The SMILES string of the molecule is COc1ccc(-c2nc(I)no2)cc1OC. The van der Waals surface area contributed by atoms with Crippen molar-refractivity contribution in [2.75, 3.05) is 14.2 Å². The molecule has 84 valence electrons. The van der Waals surface area contributed by atoms with Crippen LogP contribution in [0, 0.1) is 3.83 Å². The molecular weight excluding hydrogens is 323 g/mol. The molecular formula is C10H9IN2O3. The number of rotatable bonds is 3. The Labute approximate surface area is 106 Å². The zero-order chi connectivity index (χ0) is 11.5. The summed E-state index contributed by atoms with van der Waals surface area (Å²) >= 11 is 1.99. The number of hydrogen-bond donors (Lipinski definition) is 0. The van der Waals surface area contributed by atoms with E-state index in [9.17, 15) is 0 Å². The summed E-state index contributed by atoms with van der Waals surface area (Å²) in [4.78, 5) is 4.12. The Morgan fingerprint density at radius 1 is 1.19 bits per heavy atom. The van der Waals surface area contributed by atoms with Crippen molar-refractivity contribution in [3.63, 3.8) is 0 Å². The first kappa shape index (κ1) is 11.2. The standard InChI is InChI=1S/C10H9IN2O3/c1-14-7-4-3-6(5-8(7)15-2)9-12-10(11)13-16-9/h3-5H,1-2H3. The van der Waals surface area contributed by atoms with Crippen molar-refractivity contribution < 1.29 is 14.0 Å². The smallest absolute Gasteiger partial charge is 0.258 e. The second kappa shape index (κ2) is 4.69. The quantitative estimate of drug-likeness (QED) is 0.808. The van der Waals surface area contributed by atoms with Gasteiger partial charge in [-0.3, -0.25) is 0 Å². The van der Waals surface area contributed by atoms with E-state index in [0.717, 1.165) is 5.56 Å². The molecule has 1 heterocycles. The van der Waals surface area contributed by atoms with Crippen LogP contribution in [0.1, 0.15) is 0 Å². The van der Waals surface area contributed by atoms with Gasteiger partial charge in [-0.15, -0.1) is 0 Å². The maximum atomic E-state index is 5.19. The third-order valence-corrected chi connectivity index (χ3v) is 2.47. The number of benzene rings is 1. The molecule has 0 saturated heterocycles. The van der Waals surface area contributed by atoms with Crippen LogP contribution in [0.15, 0.2) is 22.7 Å².